The molecule has 0 bridgehead atoms. The van der Waals surface area contributed by atoms with Crippen LogP contribution in [0.2, 0.25) is 0 Å². The maximum absolute atomic E-state index is 10.7. The molecule has 6 heteroatoms. The molecule has 17 heavy (non-hydrogen) atoms. The van der Waals surface area contributed by atoms with Crippen LogP contribution in [0.1, 0.15) is 6.92 Å². The van der Waals surface area contributed by atoms with Crippen LogP contribution in [0, 0.1) is 0 Å². The molecule has 94 valence electrons. The average molecular weight is 239 g/mol. The number of nitrogens with one attached hydrogen (secondary N) is 1. The van der Waals surface area contributed by atoms with E-state index in [-0.39, 0.29) is 6.54 Å². The fraction of sp³-hybridized carbons (Fsp3) is 0.364. The normalized spacial score (nSPS) is 11.9. The molecule has 0 fully saturated rings. The molecule has 1 rings (SSSR count). The number of anilines is 2. The lowest BCUT2D eigenvalue weighted by atomic mass is 10.2. The number of rotatable bonds is 6. The fourth-order valence-electron chi connectivity index (χ4n) is 1.29. The van der Waals surface area contributed by atoms with Crippen LogP contribution in [0.4, 0.5) is 11.4 Å². The maximum Gasteiger partial charge on any atom is 0.248 e. The second-order valence-electron chi connectivity index (χ2n) is 3.45. The minimum atomic E-state index is -1.25. The van der Waals surface area contributed by atoms with Crippen molar-refractivity contribution in [2.24, 2.45) is 5.73 Å². The monoisotopic (exact) mass is 239 g/mol. The Morgan fingerprint density at radius 1 is 1.59 bits per heavy atom. The Kier molecular flexibility index (Phi) is 4.59. The van der Waals surface area contributed by atoms with Crippen molar-refractivity contribution in [3.63, 3.8) is 0 Å². The molecule has 0 saturated heterocycles. The summed E-state index contributed by atoms with van der Waals surface area (Å²) in [4.78, 5) is 10.7. The zero-order chi connectivity index (χ0) is 12.8. The van der Waals surface area contributed by atoms with E-state index >= 15 is 0 Å². The molecular formula is C11H17N3O3. The van der Waals surface area contributed by atoms with Crippen molar-refractivity contribution in [1.29, 1.82) is 0 Å². The molecule has 1 aromatic carbocycles. The van der Waals surface area contributed by atoms with E-state index in [1.807, 2.05) is 6.92 Å². The van der Waals surface area contributed by atoms with Gasteiger partial charge < -0.3 is 26.6 Å². The highest BCUT2D eigenvalue weighted by Crippen LogP contribution is 2.29. The van der Waals surface area contributed by atoms with E-state index in [4.69, 9.17) is 16.2 Å². The molecule has 0 heterocycles. The Labute approximate surface area is 99.6 Å². The highest BCUT2D eigenvalue weighted by molar-refractivity contribution is 5.80. The molecule has 0 aliphatic carbocycles. The smallest absolute Gasteiger partial charge is 0.248 e. The van der Waals surface area contributed by atoms with Gasteiger partial charge in [-0.25, -0.2) is 0 Å². The molecule has 6 N–H and O–H groups in total. The average Bonchev–Trinajstić information content (AvgIpc) is 2.30. The quantitative estimate of drug-likeness (QED) is 0.519. The zero-order valence-corrected chi connectivity index (χ0v) is 9.64. The lowest BCUT2D eigenvalue weighted by molar-refractivity contribution is -0.125. The van der Waals surface area contributed by atoms with E-state index in [2.05, 4.69) is 5.32 Å². The van der Waals surface area contributed by atoms with E-state index in [1.165, 1.54) is 0 Å². The number of benzene rings is 1. The number of hydrogen-bond acceptors (Lipinski definition) is 5. The summed E-state index contributed by atoms with van der Waals surface area (Å²) in [6, 6.07) is 5.24. The molecule has 0 radical (unpaired) electrons. The summed E-state index contributed by atoms with van der Waals surface area (Å²) in [5.74, 6) is -0.219. The first kappa shape index (κ1) is 13.1. The van der Waals surface area contributed by atoms with Crippen LogP contribution in [0.25, 0.3) is 0 Å². The summed E-state index contributed by atoms with van der Waals surface area (Å²) in [6.07, 6.45) is -1.25. The van der Waals surface area contributed by atoms with Crippen LogP contribution in [-0.4, -0.2) is 30.3 Å². The van der Waals surface area contributed by atoms with Gasteiger partial charge in [-0.1, -0.05) is 6.07 Å². The number of ether oxygens (including phenoxy) is 1. The summed E-state index contributed by atoms with van der Waals surface area (Å²) in [6.45, 7) is 2.38. The molecule has 0 aromatic heterocycles. The third kappa shape index (κ3) is 3.53. The number of primary amides is 1. The molecule has 0 aliphatic rings. The minimum absolute atomic E-state index is 0.00904. The van der Waals surface area contributed by atoms with Gasteiger partial charge in [-0.3, -0.25) is 4.79 Å². The Morgan fingerprint density at radius 2 is 2.29 bits per heavy atom. The van der Waals surface area contributed by atoms with Gasteiger partial charge in [0.05, 0.1) is 18.0 Å². The highest BCUT2D eigenvalue weighted by atomic mass is 16.5. The van der Waals surface area contributed by atoms with Gasteiger partial charge in [-0.05, 0) is 19.1 Å². The summed E-state index contributed by atoms with van der Waals surface area (Å²) < 4.78 is 5.31. The standard InChI is InChI=1S/C11H17N3O3/c1-2-17-9-5-3-4-7(10(9)12)14-6-8(15)11(13)16/h3-5,8,14-15H,2,6,12H2,1H3,(H2,13,16). The molecule has 1 atom stereocenters. The summed E-state index contributed by atoms with van der Waals surface area (Å²) in [5, 5.41) is 12.1. The number of nitrogens with two attached hydrogens (primary N) is 2. The van der Waals surface area contributed by atoms with Gasteiger partial charge in [0.25, 0.3) is 0 Å². The lowest BCUT2D eigenvalue weighted by Gasteiger charge is -2.14. The van der Waals surface area contributed by atoms with Crippen molar-refractivity contribution in [2.45, 2.75) is 13.0 Å². The first-order chi connectivity index (χ1) is 8.06. The molecule has 0 spiro atoms. The predicted octanol–water partition coefficient (Wildman–Crippen LogP) is -0.0744. The minimum Gasteiger partial charge on any atom is -0.492 e. The topological polar surface area (TPSA) is 111 Å². The Bertz CT molecular complexity index is 396. The van der Waals surface area contributed by atoms with Crippen molar-refractivity contribution in [3.05, 3.63) is 18.2 Å². The summed E-state index contributed by atoms with van der Waals surface area (Å²) in [5.41, 5.74) is 11.8. The van der Waals surface area contributed by atoms with E-state index in [1.54, 1.807) is 18.2 Å². The number of carbonyl (C=O) groups excluding carboxylic acids is 1. The van der Waals surface area contributed by atoms with Gasteiger partial charge in [0.15, 0.2) is 0 Å². The van der Waals surface area contributed by atoms with E-state index in [9.17, 15) is 9.90 Å². The van der Waals surface area contributed by atoms with Crippen molar-refractivity contribution in [1.82, 2.24) is 0 Å². The van der Waals surface area contributed by atoms with Gasteiger partial charge in [-0.15, -0.1) is 0 Å². The Balaban J connectivity index is 2.71. The summed E-state index contributed by atoms with van der Waals surface area (Å²) >= 11 is 0. The lowest BCUT2D eigenvalue weighted by Crippen LogP contribution is -2.34. The third-order valence-corrected chi connectivity index (χ3v) is 2.18. The first-order valence-corrected chi connectivity index (χ1v) is 5.28. The van der Waals surface area contributed by atoms with E-state index in [0.717, 1.165) is 0 Å². The number of para-hydroxylation sites is 1. The third-order valence-electron chi connectivity index (χ3n) is 2.18. The van der Waals surface area contributed by atoms with Crippen LogP contribution >= 0.6 is 0 Å². The number of hydrogen-bond donors (Lipinski definition) is 4. The Hall–Kier alpha value is -1.95. The van der Waals surface area contributed by atoms with Crippen LogP contribution in [0.3, 0.4) is 0 Å². The number of aliphatic hydroxyl groups is 1. The largest absolute Gasteiger partial charge is 0.492 e. The first-order valence-electron chi connectivity index (χ1n) is 5.28. The number of carbonyl (C=O) groups is 1. The number of nitrogen functional groups attached to an aromatic ring is 1. The van der Waals surface area contributed by atoms with E-state index in [0.29, 0.717) is 23.7 Å². The van der Waals surface area contributed by atoms with Gasteiger partial charge in [0.2, 0.25) is 5.91 Å². The summed E-state index contributed by atoms with van der Waals surface area (Å²) in [7, 11) is 0. The van der Waals surface area contributed by atoms with Gasteiger partial charge in [-0.2, -0.15) is 0 Å². The van der Waals surface area contributed by atoms with Gasteiger partial charge in [0, 0.05) is 6.54 Å². The number of aliphatic hydroxyl groups excluding tert-OH is 1. The van der Waals surface area contributed by atoms with Crippen LogP contribution < -0.4 is 21.5 Å². The van der Waals surface area contributed by atoms with Crippen LogP contribution in [0.15, 0.2) is 18.2 Å². The molecule has 0 aliphatic heterocycles. The molecule has 0 saturated carbocycles. The zero-order valence-electron chi connectivity index (χ0n) is 9.64. The Morgan fingerprint density at radius 3 is 2.88 bits per heavy atom. The molecular weight excluding hydrogens is 222 g/mol. The molecule has 1 unspecified atom stereocenters. The van der Waals surface area contributed by atoms with E-state index < -0.39 is 12.0 Å². The molecule has 1 aromatic rings. The van der Waals surface area contributed by atoms with Crippen LogP contribution in [-0.2, 0) is 4.79 Å². The van der Waals surface area contributed by atoms with Crippen molar-refractivity contribution in [3.8, 4) is 5.75 Å². The second-order valence-corrected chi connectivity index (χ2v) is 3.45. The molecule has 6 nitrogen and oxygen atoms in total. The van der Waals surface area contributed by atoms with Crippen molar-refractivity contribution < 1.29 is 14.6 Å². The SMILES string of the molecule is CCOc1cccc(NCC(O)C(N)=O)c1N. The van der Waals surface area contributed by atoms with Gasteiger partial charge in [0.1, 0.15) is 11.9 Å². The van der Waals surface area contributed by atoms with Crippen molar-refractivity contribution in [2.75, 3.05) is 24.2 Å². The van der Waals surface area contributed by atoms with Gasteiger partial charge >= 0.3 is 0 Å². The van der Waals surface area contributed by atoms with Crippen LogP contribution in [0.5, 0.6) is 5.75 Å². The second kappa shape index (κ2) is 5.95. The molecule has 1 amide bonds. The maximum atomic E-state index is 10.7. The predicted molar refractivity (Wildman–Crippen MR) is 65.7 cm³/mol. The van der Waals surface area contributed by atoms with Crippen molar-refractivity contribution >= 4 is 17.3 Å². The highest BCUT2D eigenvalue weighted by Gasteiger charge is 2.12. The fourth-order valence-corrected chi connectivity index (χ4v) is 1.29. The number of amides is 1.